The first-order chi connectivity index (χ1) is 15.2. The number of ketones is 1. The zero-order valence-electron chi connectivity index (χ0n) is 19.9. The van der Waals surface area contributed by atoms with E-state index in [-0.39, 0.29) is 13.0 Å². The first kappa shape index (κ1) is 25.2. The van der Waals surface area contributed by atoms with Gasteiger partial charge in [0.1, 0.15) is 12.2 Å². The molecule has 7 unspecified atom stereocenters. The maximum absolute atomic E-state index is 14.2. The van der Waals surface area contributed by atoms with Crippen molar-refractivity contribution in [3.8, 4) is 0 Å². The van der Waals surface area contributed by atoms with Crippen molar-refractivity contribution in [1.82, 2.24) is 0 Å². The van der Waals surface area contributed by atoms with Crippen LogP contribution in [0.4, 0.5) is 0 Å². The Balaban J connectivity index is 2.03. The molecule has 3 aliphatic carbocycles. The summed E-state index contributed by atoms with van der Waals surface area (Å²) in [6.07, 6.45) is -2.69. The molecule has 4 rings (SSSR count). The minimum atomic E-state index is -1.49. The number of hydrogen-bond acceptors (Lipinski definition) is 8. The van der Waals surface area contributed by atoms with E-state index in [1.165, 1.54) is 6.92 Å². The smallest absolute Gasteiger partial charge is 0.303 e. The Morgan fingerprint density at radius 2 is 1.85 bits per heavy atom. The molecule has 10 heteroatoms. The summed E-state index contributed by atoms with van der Waals surface area (Å²) in [5.41, 5.74) is -3.62. The van der Waals surface area contributed by atoms with Crippen LogP contribution in [-0.4, -0.2) is 85.2 Å². The molecule has 1 saturated heterocycles. The second-order valence-electron chi connectivity index (χ2n) is 11.0. The molecular weight excluding hydrogens is 460 g/mol. The summed E-state index contributed by atoms with van der Waals surface area (Å²) >= 11 is 0. The average Bonchev–Trinajstić information content (AvgIpc) is 2.72. The molecule has 1 heterocycles. The number of rotatable bonds is 3. The van der Waals surface area contributed by atoms with E-state index in [1.807, 2.05) is 27.7 Å². The molecule has 0 spiro atoms. The highest BCUT2D eigenvalue weighted by Crippen LogP contribution is 2.65. The second kappa shape index (κ2) is 7.81. The number of carbonyl (C=O) groups excluding carboxylic acids is 2. The Labute approximate surface area is 201 Å². The number of Topliss-reactive ketones (excluding diaryl/α,β-unsaturated/α-hetero) is 1. The van der Waals surface area contributed by atoms with E-state index in [0.29, 0.717) is 17.6 Å². The Morgan fingerprint density at radius 1 is 1.21 bits per heavy atom. The van der Waals surface area contributed by atoms with Crippen molar-refractivity contribution in [2.45, 2.75) is 90.0 Å². The number of aliphatic hydroxyl groups is 2. The summed E-state index contributed by atoms with van der Waals surface area (Å²) in [5, 5.41) is 24.0. The lowest BCUT2D eigenvalue weighted by Gasteiger charge is -2.68. The third-order valence-electron chi connectivity index (χ3n) is 9.41. The molecule has 0 aromatic carbocycles. The zero-order chi connectivity index (χ0) is 24.7. The van der Waals surface area contributed by atoms with Gasteiger partial charge in [0, 0.05) is 31.1 Å². The van der Waals surface area contributed by atoms with Gasteiger partial charge in [-0.25, -0.2) is 0 Å². The maximum atomic E-state index is 14.2. The van der Waals surface area contributed by atoms with Crippen molar-refractivity contribution in [3.05, 3.63) is 11.1 Å². The topological polar surface area (TPSA) is 112 Å². The van der Waals surface area contributed by atoms with Gasteiger partial charge in [0.05, 0.1) is 29.8 Å². The van der Waals surface area contributed by atoms with Gasteiger partial charge in [0.2, 0.25) is 21.0 Å². The Bertz CT molecular complexity index is 905. The van der Waals surface area contributed by atoms with Crippen LogP contribution in [0, 0.1) is 22.7 Å². The van der Waals surface area contributed by atoms with E-state index in [2.05, 4.69) is 21.0 Å². The second-order valence-corrected chi connectivity index (χ2v) is 11.4. The van der Waals surface area contributed by atoms with Gasteiger partial charge in [-0.3, -0.25) is 9.59 Å². The Hall–Kier alpha value is -0.886. The van der Waals surface area contributed by atoms with Crippen molar-refractivity contribution in [3.63, 3.8) is 0 Å². The summed E-state index contributed by atoms with van der Waals surface area (Å²) in [6.45, 7) is 10.6. The lowest BCUT2D eigenvalue weighted by Crippen LogP contribution is -2.79. The fraction of sp³-hybridized carbons (Fsp3) is 0.826. The fourth-order valence-electron chi connectivity index (χ4n) is 7.66. The number of esters is 1. The van der Waals surface area contributed by atoms with E-state index in [4.69, 9.17) is 18.3 Å². The monoisotopic (exact) mass is 492 g/mol. The van der Waals surface area contributed by atoms with E-state index < -0.39 is 70.0 Å². The summed E-state index contributed by atoms with van der Waals surface area (Å²) in [5.74, 6) is -2.17. The lowest BCUT2D eigenvalue weighted by molar-refractivity contribution is -0.336. The highest BCUT2D eigenvalue weighted by atomic mass is 28.2. The average molecular weight is 493 g/mol. The van der Waals surface area contributed by atoms with Crippen LogP contribution < -0.4 is 0 Å². The van der Waals surface area contributed by atoms with Gasteiger partial charge in [0.25, 0.3) is 0 Å². The SMILES string of the molecule is CC(=O)OC12COC1CC(O[Si])[C@@]1(C)C(=O)C(O)C3=C(C)C(O[Si])CC(O)([C@@H](C)C21)C3(C)C. The minimum Gasteiger partial charge on any atom is -0.454 e. The van der Waals surface area contributed by atoms with Crippen LogP contribution in [0.2, 0.25) is 0 Å². The molecule has 180 valence electrons. The van der Waals surface area contributed by atoms with Crippen molar-refractivity contribution >= 4 is 32.7 Å². The molecule has 2 saturated carbocycles. The van der Waals surface area contributed by atoms with Gasteiger partial charge >= 0.3 is 5.97 Å². The molecule has 0 amide bonds. The standard InChI is InChI=1S/C23H32O8Si2/c1-10-13(30-32)8-23(27)11(2)18-21(6,19(26)17(25)16(10)20(23,4)5)14(31-33)7-15-22(18,9-28-15)29-12(3)24/h11,13-15,17-18,25,27H,7-9H2,1-6H3/t11-,13?,14?,15?,17?,18?,21+,22?,23?/m0/s1. The van der Waals surface area contributed by atoms with E-state index in [1.54, 1.807) is 6.92 Å². The van der Waals surface area contributed by atoms with Gasteiger partial charge < -0.3 is 28.5 Å². The lowest BCUT2D eigenvalue weighted by atomic mass is 9.42. The van der Waals surface area contributed by atoms with Gasteiger partial charge in [-0.15, -0.1) is 0 Å². The molecule has 3 fully saturated rings. The molecule has 0 aromatic rings. The van der Waals surface area contributed by atoms with Gasteiger partial charge in [-0.1, -0.05) is 20.8 Å². The molecule has 33 heavy (non-hydrogen) atoms. The van der Waals surface area contributed by atoms with Crippen LogP contribution >= 0.6 is 0 Å². The van der Waals surface area contributed by atoms with Gasteiger partial charge in [-0.05, 0) is 30.9 Å². The first-order valence-electron chi connectivity index (χ1n) is 11.4. The molecular formula is C23H32O8Si2. The predicted octanol–water partition coefficient (Wildman–Crippen LogP) is 0.708. The van der Waals surface area contributed by atoms with Gasteiger partial charge in [-0.2, -0.15) is 0 Å². The van der Waals surface area contributed by atoms with E-state index in [9.17, 15) is 19.8 Å². The third-order valence-corrected chi connectivity index (χ3v) is 9.98. The summed E-state index contributed by atoms with van der Waals surface area (Å²) < 4.78 is 22.9. The van der Waals surface area contributed by atoms with Crippen molar-refractivity contribution in [2.75, 3.05) is 6.61 Å². The minimum absolute atomic E-state index is 0.107. The molecule has 1 aliphatic heterocycles. The van der Waals surface area contributed by atoms with Crippen LogP contribution in [0.5, 0.6) is 0 Å². The predicted molar refractivity (Wildman–Crippen MR) is 118 cm³/mol. The highest BCUT2D eigenvalue weighted by Gasteiger charge is 2.75. The summed E-state index contributed by atoms with van der Waals surface area (Å²) in [4.78, 5) is 26.5. The van der Waals surface area contributed by atoms with Crippen LogP contribution in [0.25, 0.3) is 0 Å². The highest BCUT2D eigenvalue weighted by molar-refractivity contribution is 5.99. The van der Waals surface area contributed by atoms with Crippen LogP contribution in [0.1, 0.15) is 54.4 Å². The van der Waals surface area contributed by atoms with Crippen LogP contribution in [0.15, 0.2) is 11.1 Å². The van der Waals surface area contributed by atoms with E-state index >= 15 is 0 Å². The Morgan fingerprint density at radius 3 is 2.33 bits per heavy atom. The largest absolute Gasteiger partial charge is 0.454 e. The quantitative estimate of drug-likeness (QED) is 0.337. The normalized spacial score (nSPS) is 48.7. The molecule has 8 nitrogen and oxygen atoms in total. The van der Waals surface area contributed by atoms with Crippen molar-refractivity contribution in [2.24, 2.45) is 22.7 Å². The number of carbonyl (C=O) groups is 2. The van der Waals surface area contributed by atoms with Crippen molar-refractivity contribution < 1.29 is 38.1 Å². The van der Waals surface area contributed by atoms with Gasteiger partial charge in [0.15, 0.2) is 11.4 Å². The number of hydrogen-bond donors (Lipinski definition) is 2. The first-order valence-corrected chi connectivity index (χ1v) is 12.2. The summed E-state index contributed by atoms with van der Waals surface area (Å²) in [6, 6.07) is 0. The third kappa shape index (κ3) is 2.98. The Kier molecular flexibility index (Phi) is 5.97. The maximum Gasteiger partial charge on any atom is 0.303 e. The molecule has 6 radical (unpaired) electrons. The number of aliphatic hydroxyl groups excluding tert-OH is 1. The van der Waals surface area contributed by atoms with E-state index in [0.717, 1.165) is 0 Å². The molecule has 9 atom stereocenters. The molecule has 2 N–H and O–H groups in total. The summed E-state index contributed by atoms with van der Waals surface area (Å²) in [7, 11) is 6.28. The fourth-order valence-corrected chi connectivity index (χ4v) is 8.26. The van der Waals surface area contributed by atoms with Crippen LogP contribution in [-0.2, 0) is 27.9 Å². The number of ether oxygens (including phenoxy) is 2. The van der Waals surface area contributed by atoms with Crippen molar-refractivity contribution in [1.29, 1.82) is 0 Å². The molecule has 2 bridgehead atoms. The zero-order valence-corrected chi connectivity index (χ0v) is 21.9. The molecule has 0 aromatic heterocycles. The van der Waals surface area contributed by atoms with Crippen LogP contribution in [0.3, 0.4) is 0 Å². The number of fused-ring (bicyclic) bond motifs is 5. The molecule has 4 aliphatic rings.